The Morgan fingerprint density at radius 1 is 1.00 bits per heavy atom. The number of rotatable bonds is 2. The summed E-state index contributed by atoms with van der Waals surface area (Å²) in [5.41, 5.74) is -0.242. The van der Waals surface area contributed by atoms with Crippen molar-refractivity contribution < 1.29 is 26.6 Å². The Morgan fingerprint density at radius 3 is 1.72 bits per heavy atom. The van der Waals surface area contributed by atoms with Crippen molar-refractivity contribution in [2.45, 2.75) is 25.6 Å². The minimum Gasteiger partial charge on any atom is -0.358 e. The summed E-state index contributed by atoms with van der Waals surface area (Å²) in [7, 11) is 0. The van der Waals surface area contributed by atoms with Crippen LogP contribution in [-0.2, 0) is 26.6 Å². The average molecular weight is 284 g/mol. The Bertz CT molecular complexity index is 251. The number of ketones is 1. The second-order valence-electron chi connectivity index (χ2n) is 4.60. The quantitative estimate of drug-likeness (QED) is 0.574. The molecule has 0 bridgehead atoms. The molecule has 3 fully saturated rings. The van der Waals surface area contributed by atoms with Gasteiger partial charge in [0, 0.05) is 0 Å². The second kappa shape index (κ2) is 7.07. The summed E-state index contributed by atoms with van der Waals surface area (Å²) in [6.07, 6.45) is 17.1. The molecule has 1 atom stereocenters. The summed E-state index contributed by atoms with van der Waals surface area (Å²) in [4.78, 5) is 11.6. The number of carbonyl (C=O) groups excluding carboxylic acids is 1. The fourth-order valence-corrected chi connectivity index (χ4v) is 1.65. The first-order valence-electron chi connectivity index (χ1n) is 5.72. The van der Waals surface area contributed by atoms with Gasteiger partial charge in [0.2, 0.25) is 0 Å². The van der Waals surface area contributed by atoms with E-state index in [1.54, 1.807) is 0 Å². The van der Waals surface area contributed by atoms with Crippen LogP contribution in [0.1, 0.15) is 13.8 Å². The second-order valence-corrected chi connectivity index (χ2v) is 4.60. The molecule has 1 aliphatic heterocycles. The molecule has 10 radical (unpaired) electrons. The van der Waals surface area contributed by atoms with Crippen molar-refractivity contribution in [1.82, 2.24) is 0 Å². The van der Waals surface area contributed by atoms with Crippen molar-refractivity contribution in [3.8, 4) is 0 Å². The van der Waals surface area contributed by atoms with Gasteiger partial charge in [-0.05, 0) is 71.6 Å². The molecular weight excluding hydrogens is 268 g/mol. The monoisotopic (exact) mass is 284 g/mol. The molecule has 0 spiro atoms. The van der Waals surface area contributed by atoms with E-state index in [9.17, 15) is 4.79 Å². The average Bonchev–Trinajstić information content (AvgIpc) is 2.84. The van der Waals surface area contributed by atoms with Crippen molar-refractivity contribution in [2.24, 2.45) is 0 Å². The van der Waals surface area contributed by atoms with Crippen molar-refractivity contribution in [1.29, 1.82) is 0 Å². The zero-order valence-corrected chi connectivity index (χ0v) is 11.5. The number of hydrogen-bond donors (Lipinski definition) is 0. The normalized spacial score (nSPS) is 29.1. The number of epoxide rings is 1. The smallest absolute Gasteiger partial charge is 0.358 e. The van der Waals surface area contributed by atoms with Crippen LogP contribution in [0.3, 0.4) is 0 Å². The van der Waals surface area contributed by atoms with Gasteiger partial charge >= 0.3 is 17.1 Å². The predicted octanol–water partition coefficient (Wildman–Crippen LogP) is 2.16. The minimum atomic E-state index is -0.242. The molecular formula is C15H16FeO2+2. The molecule has 0 aromatic carbocycles. The number of carbonyl (C=O) groups is 1. The van der Waals surface area contributed by atoms with Crippen LogP contribution in [-0.4, -0.2) is 17.5 Å². The Kier molecular flexibility index (Phi) is 6.37. The Labute approximate surface area is 122 Å². The fraction of sp³-hybridized carbons (Fsp3) is 0.267. The summed E-state index contributed by atoms with van der Waals surface area (Å²) in [5.74, 6) is 0.857. The number of Topliss-reactive ketones (excluding diaryl/α,β-unsaturated/α-hetero) is 1. The van der Waals surface area contributed by atoms with Crippen LogP contribution < -0.4 is 0 Å². The van der Waals surface area contributed by atoms with Gasteiger partial charge in [0.05, 0.1) is 11.5 Å². The number of hydrogen-bond acceptors (Lipinski definition) is 2. The van der Waals surface area contributed by atoms with Gasteiger partial charge in [-0.25, -0.2) is 0 Å². The third kappa shape index (κ3) is 4.36. The number of ether oxygens (including phenoxy) is 1. The predicted molar refractivity (Wildman–Crippen MR) is 65.9 cm³/mol. The van der Waals surface area contributed by atoms with E-state index in [2.05, 4.69) is 0 Å². The summed E-state index contributed by atoms with van der Waals surface area (Å²) in [6.45, 7) is 3.86. The SMILES string of the molecule is CC1(C)OC1C(=O)[C]1[CH][CH][CH][CH]1.[CH]1[CH][CH][CH][CH]1.[Fe+2]. The van der Waals surface area contributed by atoms with E-state index in [-0.39, 0.29) is 34.6 Å². The first-order chi connectivity index (χ1) is 8.11. The van der Waals surface area contributed by atoms with Crippen LogP contribution in [0.25, 0.3) is 0 Å². The molecule has 0 amide bonds. The van der Waals surface area contributed by atoms with E-state index in [4.69, 9.17) is 4.74 Å². The standard InChI is InChI=1S/C10H11O2.C5H5.Fe/c1-10(2)9(12-10)8(11)7-5-3-4-6-7;1-2-4-5-3-1;/h3-6,9H,1-2H3;1-5H;/q;;+2. The van der Waals surface area contributed by atoms with Crippen LogP contribution in [0, 0.1) is 63.7 Å². The van der Waals surface area contributed by atoms with Gasteiger partial charge in [-0.3, -0.25) is 4.79 Å². The summed E-state index contributed by atoms with van der Waals surface area (Å²) in [6, 6.07) is 0. The molecule has 1 unspecified atom stereocenters. The molecule has 1 saturated heterocycles. The van der Waals surface area contributed by atoms with E-state index in [0.717, 1.165) is 5.92 Å². The van der Waals surface area contributed by atoms with Gasteiger partial charge in [-0.1, -0.05) is 0 Å². The minimum absolute atomic E-state index is 0. The molecule has 2 aliphatic carbocycles. The maximum absolute atomic E-state index is 11.6. The maximum atomic E-state index is 11.6. The van der Waals surface area contributed by atoms with Gasteiger partial charge in [0.15, 0.2) is 5.78 Å². The van der Waals surface area contributed by atoms with Crippen LogP contribution in [0.2, 0.25) is 0 Å². The fourth-order valence-electron chi connectivity index (χ4n) is 1.65. The summed E-state index contributed by atoms with van der Waals surface area (Å²) in [5, 5.41) is 0. The molecule has 0 aromatic rings. The van der Waals surface area contributed by atoms with Gasteiger partial charge in [0.1, 0.15) is 6.10 Å². The molecule has 2 saturated carbocycles. The Balaban J connectivity index is 0.000000230. The van der Waals surface area contributed by atoms with Gasteiger partial charge in [-0.2, -0.15) is 0 Å². The molecule has 0 aromatic heterocycles. The molecule has 3 aliphatic rings. The molecule has 18 heavy (non-hydrogen) atoms. The third-order valence-electron chi connectivity index (χ3n) is 2.74. The Hall–Kier alpha value is 0.149. The van der Waals surface area contributed by atoms with Gasteiger partial charge < -0.3 is 4.74 Å². The Morgan fingerprint density at radius 2 is 1.39 bits per heavy atom. The van der Waals surface area contributed by atoms with Crippen molar-refractivity contribution in [3.63, 3.8) is 0 Å². The maximum Gasteiger partial charge on any atom is 2.00 e. The van der Waals surface area contributed by atoms with Gasteiger partial charge in [0.25, 0.3) is 0 Å². The zero-order chi connectivity index (χ0) is 12.3. The molecule has 1 heterocycles. The van der Waals surface area contributed by atoms with Crippen LogP contribution in [0.15, 0.2) is 0 Å². The zero-order valence-electron chi connectivity index (χ0n) is 10.4. The summed E-state index contributed by atoms with van der Waals surface area (Å²) >= 11 is 0. The molecule has 0 N–H and O–H groups in total. The summed E-state index contributed by atoms with van der Waals surface area (Å²) < 4.78 is 5.24. The molecule has 3 heteroatoms. The molecule has 2 nitrogen and oxygen atoms in total. The van der Waals surface area contributed by atoms with E-state index in [1.807, 2.05) is 71.6 Å². The van der Waals surface area contributed by atoms with Gasteiger partial charge in [-0.15, -0.1) is 0 Å². The van der Waals surface area contributed by atoms with Crippen LogP contribution >= 0.6 is 0 Å². The largest absolute Gasteiger partial charge is 2.00 e. The van der Waals surface area contributed by atoms with E-state index in [0.29, 0.717) is 0 Å². The van der Waals surface area contributed by atoms with Crippen LogP contribution in [0.5, 0.6) is 0 Å². The van der Waals surface area contributed by atoms with Crippen molar-refractivity contribution in [2.75, 3.05) is 0 Å². The first kappa shape index (κ1) is 16.2. The third-order valence-corrected chi connectivity index (χ3v) is 2.74. The van der Waals surface area contributed by atoms with E-state index < -0.39 is 0 Å². The first-order valence-corrected chi connectivity index (χ1v) is 5.72. The van der Waals surface area contributed by atoms with Crippen LogP contribution in [0.4, 0.5) is 0 Å². The van der Waals surface area contributed by atoms with Crippen molar-refractivity contribution in [3.05, 3.63) is 63.7 Å². The molecule has 3 rings (SSSR count). The van der Waals surface area contributed by atoms with Crippen molar-refractivity contribution >= 4 is 5.78 Å². The molecule has 94 valence electrons. The van der Waals surface area contributed by atoms with E-state index in [1.165, 1.54) is 0 Å². The van der Waals surface area contributed by atoms with E-state index >= 15 is 0 Å². The topological polar surface area (TPSA) is 29.6 Å².